The van der Waals surface area contributed by atoms with Crippen molar-refractivity contribution in [2.45, 2.75) is 0 Å². The Hall–Kier alpha value is -8.30. The van der Waals surface area contributed by atoms with Crippen LogP contribution in [-0.4, -0.2) is 0 Å². The van der Waals surface area contributed by atoms with Crippen molar-refractivity contribution < 1.29 is 0 Å². The van der Waals surface area contributed by atoms with E-state index in [1.54, 1.807) is 0 Å². The molecule has 2 heteroatoms. The second-order valence-corrected chi connectivity index (χ2v) is 18.0. The van der Waals surface area contributed by atoms with Crippen LogP contribution in [0, 0.1) is 0 Å². The third kappa shape index (κ3) is 7.54. The van der Waals surface area contributed by atoms with E-state index in [0.717, 1.165) is 17.1 Å². The lowest BCUT2D eigenvalue weighted by molar-refractivity contribution is 1.28. The van der Waals surface area contributed by atoms with Crippen LogP contribution in [0.1, 0.15) is 0 Å². The predicted molar refractivity (Wildman–Crippen MR) is 284 cm³/mol. The van der Waals surface area contributed by atoms with E-state index < -0.39 is 0 Å². The van der Waals surface area contributed by atoms with E-state index in [0.29, 0.717) is 0 Å². The smallest absolute Gasteiger partial charge is 0.0540 e. The molecule has 66 heavy (non-hydrogen) atoms. The summed E-state index contributed by atoms with van der Waals surface area (Å²) < 4.78 is 2.64. The number of hydrogen-bond donors (Lipinski definition) is 0. The molecule has 1 nitrogen and oxygen atoms in total. The fourth-order valence-electron chi connectivity index (χ4n) is 9.45. The highest BCUT2D eigenvalue weighted by atomic mass is 32.1. The fourth-order valence-corrected chi connectivity index (χ4v) is 10.6. The van der Waals surface area contributed by atoms with Crippen LogP contribution < -0.4 is 4.90 Å². The standard InChI is InChI=1S/C64H43NS/c1-2-12-44(13-3-1)52-17-11-19-56(42-52)59-20-6-8-22-62(59)65(58-37-32-49(33-38-58)55-34-39-61-60-21-7-9-23-63(60)66-64(61)43-55)57-35-30-47(31-36-57)46-24-26-48(27-25-46)51-16-10-18-53(40-51)54-29-28-45-14-4-5-15-50(45)41-54/h1-43H. The van der Waals surface area contributed by atoms with Crippen LogP contribution >= 0.6 is 11.3 Å². The van der Waals surface area contributed by atoms with Gasteiger partial charge < -0.3 is 4.90 Å². The van der Waals surface area contributed by atoms with Crippen LogP contribution in [-0.2, 0) is 0 Å². The van der Waals surface area contributed by atoms with Gasteiger partial charge in [0.15, 0.2) is 0 Å². The molecule has 0 radical (unpaired) electrons. The molecule has 0 fully saturated rings. The fraction of sp³-hybridized carbons (Fsp3) is 0. The number of fused-ring (bicyclic) bond motifs is 4. The van der Waals surface area contributed by atoms with Gasteiger partial charge in [-0.2, -0.15) is 0 Å². The summed E-state index contributed by atoms with van der Waals surface area (Å²) in [5.74, 6) is 0. The van der Waals surface area contributed by atoms with E-state index in [-0.39, 0.29) is 0 Å². The van der Waals surface area contributed by atoms with Gasteiger partial charge in [-0.25, -0.2) is 0 Å². The first kappa shape index (κ1) is 39.3. The predicted octanol–water partition coefficient (Wildman–Crippen LogP) is 18.7. The zero-order valence-corrected chi connectivity index (χ0v) is 37.0. The lowest BCUT2D eigenvalue weighted by Gasteiger charge is -2.28. The average Bonchev–Trinajstić information content (AvgIpc) is 3.78. The molecule has 1 heterocycles. The molecule has 0 N–H and O–H groups in total. The molecule has 0 bridgehead atoms. The van der Waals surface area contributed by atoms with Crippen molar-refractivity contribution >= 4 is 59.3 Å². The van der Waals surface area contributed by atoms with Crippen LogP contribution in [0.5, 0.6) is 0 Å². The van der Waals surface area contributed by atoms with Crippen molar-refractivity contribution in [2.75, 3.05) is 4.90 Å². The molecule has 11 aromatic carbocycles. The highest BCUT2D eigenvalue weighted by Crippen LogP contribution is 2.43. The average molecular weight is 858 g/mol. The summed E-state index contributed by atoms with van der Waals surface area (Å²) in [5, 5.41) is 5.16. The van der Waals surface area contributed by atoms with Crippen molar-refractivity contribution in [1.29, 1.82) is 0 Å². The third-order valence-corrected chi connectivity index (χ3v) is 14.0. The highest BCUT2D eigenvalue weighted by Gasteiger charge is 2.18. The Morgan fingerprint density at radius 3 is 1.39 bits per heavy atom. The number of thiophene rings is 1. The van der Waals surface area contributed by atoms with Gasteiger partial charge in [-0.1, -0.05) is 200 Å². The molecule has 12 aromatic rings. The van der Waals surface area contributed by atoms with Gasteiger partial charge in [-0.3, -0.25) is 0 Å². The first-order chi connectivity index (χ1) is 32.7. The molecular formula is C64H43NS. The quantitative estimate of drug-likeness (QED) is 0.140. The molecule has 0 saturated carbocycles. The molecule has 0 unspecified atom stereocenters. The minimum absolute atomic E-state index is 1.09. The second kappa shape index (κ2) is 17.0. The molecule has 0 aliphatic rings. The molecule has 12 rings (SSSR count). The van der Waals surface area contributed by atoms with Gasteiger partial charge in [0.1, 0.15) is 0 Å². The Labute approximate surface area is 389 Å². The van der Waals surface area contributed by atoms with Gasteiger partial charge in [0.2, 0.25) is 0 Å². The van der Waals surface area contributed by atoms with Crippen molar-refractivity contribution in [3.05, 3.63) is 261 Å². The molecule has 310 valence electrons. The molecule has 0 amide bonds. The van der Waals surface area contributed by atoms with Gasteiger partial charge >= 0.3 is 0 Å². The number of hydrogen-bond acceptors (Lipinski definition) is 2. The molecule has 0 spiro atoms. The molecule has 0 aliphatic heterocycles. The van der Waals surface area contributed by atoms with Crippen LogP contribution in [0.3, 0.4) is 0 Å². The monoisotopic (exact) mass is 857 g/mol. The summed E-state index contributed by atoms with van der Waals surface area (Å²) in [7, 11) is 0. The number of anilines is 3. The largest absolute Gasteiger partial charge is 0.310 e. The first-order valence-electron chi connectivity index (χ1n) is 22.6. The van der Waals surface area contributed by atoms with E-state index in [4.69, 9.17) is 0 Å². The maximum atomic E-state index is 2.40. The second-order valence-electron chi connectivity index (χ2n) is 16.9. The molecule has 0 saturated heterocycles. The first-order valence-corrected chi connectivity index (χ1v) is 23.4. The summed E-state index contributed by atoms with van der Waals surface area (Å²) in [6.07, 6.45) is 0. The number of benzene rings is 11. The SMILES string of the molecule is c1ccc(-c2cccc(-c3ccccc3N(c3ccc(-c4ccc(-c5cccc(-c6ccc7ccccc7c6)c5)cc4)cc3)c3ccc(-c4ccc5c(c4)sc4ccccc45)cc3)c2)cc1. The highest BCUT2D eigenvalue weighted by molar-refractivity contribution is 7.25. The van der Waals surface area contributed by atoms with E-state index in [1.165, 1.54) is 97.7 Å². The maximum absolute atomic E-state index is 2.40. The van der Waals surface area contributed by atoms with Crippen molar-refractivity contribution in [3.63, 3.8) is 0 Å². The molecule has 0 aliphatic carbocycles. The Kier molecular flexibility index (Phi) is 10.1. The van der Waals surface area contributed by atoms with E-state index in [1.807, 2.05) is 11.3 Å². The van der Waals surface area contributed by atoms with Gasteiger partial charge in [0.05, 0.1) is 5.69 Å². The Bertz CT molecular complexity index is 3680. The van der Waals surface area contributed by atoms with Gasteiger partial charge in [0, 0.05) is 37.1 Å². The Morgan fingerprint density at radius 1 is 0.242 bits per heavy atom. The Balaban J connectivity index is 0.885. The molecule has 1 aromatic heterocycles. The molecule has 0 atom stereocenters. The lowest BCUT2D eigenvalue weighted by Crippen LogP contribution is -2.11. The lowest BCUT2D eigenvalue weighted by atomic mass is 9.96. The number of rotatable bonds is 9. The van der Waals surface area contributed by atoms with Crippen LogP contribution in [0.15, 0.2) is 261 Å². The minimum atomic E-state index is 1.09. The number of para-hydroxylation sites is 1. The third-order valence-electron chi connectivity index (χ3n) is 12.9. The van der Waals surface area contributed by atoms with Crippen LogP contribution in [0.4, 0.5) is 17.1 Å². The maximum Gasteiger partial charge on any atom is 0.0540 e. The number of nitrogens with zero attached hydrogens (tertiary/aromatic N) is 1. The minimum Gasteiger partial charge on any atom is -0.310 e. The van der Waals surface area contributed by atoms with Crippen molar-refractivity contribution in [2.24, 2.45) is 0 Å². The summed E-state index contributed by atoms with van der Waals surface area (Å²) in [6.45, 7) is 0. The van der Waals surface area contributed by atoms with E-state index in [9.17, 15) is 0 Å². The van der Waals surface area contributed by atoms with Crippen molar-refractivity contribution in [3.8, 4) is 66.8 Å². The van der Waals surface area contributed by atoms with E-state index in [2.05, 4.69) is 266 Å². The van der Waals surface area contributed by atoms with Gasteiger partial charge in [0.25, 0.3) is 0 Å². The zero-order valence-electron chi connectivity index (χ0n) is 36.2. The molecular weight excluding hydrogens is 815 g/mol. The van der Waals surface area contributed by atoms with Gasteiger partial charge in [-0.15, -0.1) is 11.3 Å². The topological polar surface area (TPSA) is 3.24 Å². The normalized spacial score (nSPS) is 11.3. The van der Waals surface area contributed by atoms with E-state index >= 15 is 0 Å². The zero-order chi connectivity index (χ0) is 43.8. The van der Waals surface area contributed by atoms with Crippen LogP contribution in [0.25, 0.3) is 97.7 Å². The van der Waals surface area contributed by atoms with Crippen LogP contribution in [0.2, 0.25) is 0 Å². The summed E-state index contributed by atoms with van der Waals surface area (Å²) >= 11 is 1.86. The van der Waals surface area contributed by atoms with Crippen molar-refractivity contribution in [1.82, 2.24) is 0 Å². The summed E-state index contributed by atoms with van der Waals surface area (Å²) in [6, 6.07) is 95.1. The summed E-state index contributed by atoms with van der Waals surface area (Å²) in [5.41, 5.74) is 17.7. The Morgan fingerprint density at radius 2 is 0.682 bits per heavy atom. The summed E-state index contributed by atoms with van der Waals surface area (Å²) in [4.78, 5) is 2.40. The van der Waals surface area contributed by atoms with Gasteiger partial charge in [-0.05, 0) is 133 Å².